The summed E-state index contributed by atoms with van der Waals surface area (Å²) in [5.41, 5.74) is 0.955. The summed E-state index contributed by atoms with van der Waals surface area (Å²) in [6.07, 6.45) is -1.07. The molecule has 0 aliphatic carbocycles. The van der Waals surface area contributed by atoms with E-state index in [1.54, 1.807) is 18.2 Å². The maximum atomic E-state index is 13.7. The lowest BCUT2D eigenvalue weighted by Crippen LogP contribution is -2.19. The Morgan fingerprint density at radius 3 is 2.63 bits per heavy atom. The van der Waals surface area contributed by atoms with Crippen molar-refractivity contribution in [3.63, 3.8) is 0 Å². The molecule has 2 nitrogen and oxygen atoms in total. The van der Waals surface area contributed by atoms with E-state index in [0.29, 0.717) is 11.3 Å². The number of ether oxygens (including phenoxy) is 1. The van der Waals surface area contributed by atoms with E-state index >= 15 is 0 Å². The molecule has 1 aliphatic rings. The Hall–Kier alpha value is -1.94. The summed E-state index contributed by atoms with van der Waals surface area (Å²) < 4.78 is 32.3. The largest absolute Gasteiger partial charge is 0.485 e. The lowest BCUT2D eigenvalue weighted by Gasteiger charge is -2.30. The number of halogens is 2. The number of rotatable bonds is 1. The minimum atomic E-state index is -0.709. The Balaban J connectivity index is 1.97. The molecule has 2 atom stereocenters. The van der Waals surface area contributed by atoms with Gasteiger partial charge in [-0.15, -0.1) is 0 Å². The molecule has 1 N–H and O–H groups in total. The first-order chi connectivity index (χ1) is 9.15. The molecular formula is C15H12F2O2. The van der Waals surface area contributed by atoms with Crippen molar-refractivity contribution in [3.8, 4) is 5.75 Å². The topological polar surface area (TPSA) is 29.5 Å². The van der Waals surface area contributed by atoms with Gasteiger partial charge in [0.25, 0.3) is 0 Å². The SMILES string of the molecule is O[C@@H]1CC(c2ccc(F)cc2F)Oc2ccccc21. The number of fused-ring (bicyclic) bond motifs is 1. The molecular weight excluding hydrogens is 250 g/mol. The molecule has 0 saturated heterocycles. The molecule has 1 aliphatic heterocycles. The first-order valence-electron chi connectivity index (χ1n) is 6.04. The third-order valence-electron chi connectivity index (χ3n) is 3.29. The maximum Gasteiger partial charge on any atom is 0.133 e. The summed E-state index contributed by atoms with van der Waals surface area (Å²) in [6.45, 7) is 0. The maximum absolute atomic E-state index is 13.7. The fourth-order valence-corrected chi connectivity index (χ4v) is 2.35. The highest BCUT2D eigenvalue weighted by Crippen LogP contribution is 2.41. The number of para-hydroxylation sites is 1. The number of benzene rings is 2. The van der Waals surface area contributed by atoms with Crippen LogP contribution in [-0.2, 0) is 0 Å². The van der Waals surface area contributed by atoms with Gasteiger partial charge in [-0.3, -0.25) is 0 Å². The van der Waals surface area contributed by atoms with E-state index in [0.717, 1.165) is 6.07 Å². The Kier molecular flexibility index (Phi) is 2.95. The van der Waals surface area contributed by atoms with Crippen LogP contribution in [0.5, 0.6) is 5.75 Å². The van der Waals surface area contributed by atoms with Crippen LogP contribution in [0, 0.1) is 11.6 Å². The van der Waals surface area contributed by atoms with Crippen molar-refractivity contribution in [1.29, 1.82) is 0 Å². The first kappa shape index (κ1) is 12.1. The lowest BCUT2D eigenvalue weighted by atomic mass is 9.95. The van der Waals surface area contributed by atoms with Gasteiger partial charge in [-0.2, -0.15) is 0 Å². The van der Waals surface area contributed by atoms with Gasteiger partial charge in [-0.05, 0) is 18.2 Å². The third-order valence-corrected chi connectivity index (χ3v) is 3.29. The quantitative estimate of drug-likeness (QED) is 0.852. The number of aliphatic hydroxyl groups excluding tert-OH is 1. The molecule has 2 aromatic rings. The van der Waals surface area contributed by atoms with Crippen molar-refractivity contribution in [3.05, 3.63) is 65.2 Å². The Morgan fingerprint density at radius 2 is 1.84 bits per heavy atom. The third kappa shape index (κ3) is 2.19. The Morgan fingerprint density at radius 1 is 1.05 bits per heavy atom. The van der Waals surface area contributed by atoms with Crippen LogP contribution in [0.1, 0.15) is 29.8 Å². The molecule has 0 fully saturated rings. The second-order valence-electron chi connectivity index (χ2n) is 4.56. The van der Waals surface area contributed by atoms with Crippen LogP contribution in [0.2, 0.25) is 0 Å². The Labute approximate surface area is 109 Å². The molecule has 0 amide bonds. The van der Waals surface area contributed by atoms with Gasteiger partial charge in [0.15, 0.2) is 0 Å². The van der Waals surface area contributed by atoms with Crippen molar-refractivity contribution < 1.29 is 18.6 Å². The predicted molar refractivity (Wildman–Crippen MR) is 65.7 cm³/mol. The van der Waals surface area contributed by atoms with E-state index in [1.807, 2.05) is 6.07 Å². The molecule has 1 heterocycles. The van der Waals surface area contributed by atoms with Gasteiger partial charge in [0, 0.05) is 23.6 Å². The smallest absolute Gasteiger partial charge is 0.133 e. The molecule has 2 aromatic carbocycles. The minimum absolute atomic E-state index is 0.250. The minimum Gasteiger partial charge on any atom is -0.485 e. The van der Waals surface area contributed by atoms with Crippen molar-refractivity contribution in [1.82, 2.24) is 0 Å². The summed E-state index contributed by atoms with van der Waals surface area (Å²) in [6, 6.07) is 10.5. The Bertz CT molecular complexity index is 613. The van der Waals surface area contributed by atoms with Gasteiger partial charge in [-0.1, -0.05) is 18.2 Å². The molecule has 0 saturated carbocycles. The number of hydrogen-bond donors (Lipinski definition) is 1. The van der Waals surface area contributed by atoms with Crippen LogP contribution >= 0.6 is 0 Å². The monoisotopic (exact) mass is 262 g/mol. The fraction of sp³-hybridized carbons (Fsp3) is 0.200. The van der Waals surface area contributed by atoms with E-state index in [4.69, 9.17) is 4.74 Å². The van der Waals surface area contributed by atoms with E-state index in [9.17, 15) is 13.9 Å². The molecule has 3 rings (SSSR count). The zero-order valence-corrected chi connectivity index (χ0v) is 10.0. The number of hydrogen-bond acceptors (Lipinski definition) is 2. The summed E-state index contributed by atoms with van der Waals surface area (Å²) in [5, 5.41) is 10.1. The normalized spacial score (nSPS) is 21.6. The number of aliphatic hydroxyl groups is 1. The molecule has 0 aromatic heterocycles. The van der Waals surface area contributed by atoms with Gasteiger partial charge >= 0.3 is 0 Å². The van der Waals surface area contributed by atoms with Gasteiger partial charge < -0.3 is 9.84 Å². The predicted octanol–water partition coefficient (Wildman–Crippen LogP) is 3.52. The molecule has 0 spiro atoms. The molecule has 0 radical (unpaired) electrons. The van der Waals surface area contributed by atoms with Crippen LogP contribution in [0.25, 0.3) is 0 Å². The molecule has 1 unspecified atom stereocenters. The van der Waals surface area contributed by atoms with Crippen LogP contribution in [0.15, 0.2) is 42.5 Å². The zero-order valence-electron chi connectivity index (χ0n) is 10.0. The summed E-state index contributed by atoms with van der Waals surface area (Å²) in [4.78, 5) is 0. The molecule has 0 bridgehead atoms. The average molecular weight is 262 g/mol. The average Bonchev–Trinajstić information content (AvgIpc) is 2.38. The van der Waals surface area contributed by atoms with Crippen molar-refractivity contribution in [2.45, 2.75) is 18.6 Å². The van der Waals surface area contributed by atoms with Crippen molar-refractivity contribution in [2.24, 2.45) is 0 Å². The van der Waals surface area contributed by atoms with E-state index in [-0.39, 0.29) is 12.0 Å². The van der Waals surface area contributed by atoms with Gasteiger partial charge in [0.1, 0.15) is 23.5 Å². The fourth-order valence-electron chi connectivity index (χ4n) is 2.35. The van der Waals surface area contributed by atoms with Gasteiger partial charge in [0.05, 0.1) is 6.10 Å². The lowest BCUT2D eigenvalue weighted by molar-refractivity contribution is 0.0640. The highest BCUT2D eigenvalue weighted by Gasteiger charge is 2.29. The highest BCUT2D eigenvalue weighted by molar-refractivity contribution is 5.38. The second kappa shape index (κ2) is 4.63. The van der Waals surface area contributed by atoms with E-state index in [2.05, 4.69) is 0 Å². The molecule has 19 heavy (non-hydrogen) atoms. The first-order valence-corrected chi connectivity index (χ1v) is 6.04. The molecule has 98 valence electrons. The second-order valence-corrected chi connectivity index (χ2v) is 4.56. The van der Waals surface area contributed by atoms with Crippen LogP contribution in [-0.4, -0.2) is 5.11 Å². The summed E-state index contributed by atoms with van der Waals surface area (Å²) >= 11 is 0. The molecule has 4 heteroatoms. The van der Waals surface area contributed by atoms with Crippen LogP contribution in [0.4, 0.5) is 8.78 Å². The van der Waals surface area contributed by atoms with Gasteiger partial charge in [0.2, 0.25) is 0 Å². The summed E-state index contributed by atoms with van der Waals surface area (Å²) in [7, 11) is 0. The van der Waals surface area contributed by atoms with Gasteiger partial charge in [-0.25, -0.2) is 8.78 Å². The van der Waals surface area contributed by atoms with Crippen LogP contribution < -0.4 is 4.74 Å². The van der Waals surface area contributed by atoms with E-state index in [1.165, 1.54) is 12.1 Å². The highest BCUT2D eigenvalue weighted by atomic mass is 19.1. The van der Waals surface area contributed by atoms with Crippen molar-refractivity contribution in [2.75, 3.05) is 0 Å². The zero-order chi connectivity index (χ0) is 13.4. The van der Waals surface area contributed by atoms with Crippen molar-refractivity contribution >= 4 is 0 Å². The summed E-state index contributed by atoms with van der Waals surface area (Å²) in [5.74, 6) is -0.746. The van der Waals surface area contributed by atoms with Crippen LogP contribution in [0.3, 0.4) is 0 Å². The standard InChI is InChI=1S/C15H12F2O2/c16-9-5-6-10(12(17)7-9)15-8-13(18)11-3-1-2-4-14(11)19-15/h1-7,13,15,18H,8H2/t13-,15?/m1/s1. The van der Waals surface area contributed by atoms with E-state index < -0.39 is 23.8 Å².